The lowest BCUT2D eigenvalue weighted by atomic mass is 10.0. The van der Waals surface area contributed by atoms with Gasteiger partial charge >= 0.3 is 0 Å². The molecule has 2 nitrogen and oxygen atoms in total. The van der Waals surface area contributed by atoms with Crippen molar-refractivity contribution in [1.82, 2.24) is 0 Å². The van der Waals surface area contributed by atoms with Gasteiger partial charge in [-0.15, -0.1) is 0 Å². The number of aryl methyl sites for hydroxylation is 2. The van der Waals surface area contributed by atoms with Crippen LogP contribution < -0.4 is 5.32 Å². The van der Waals surface area contributed by atoms with Crippen molar-refractivity contribution in [2.24, 2.45) is 0 Å². The van der Waals surface area contributed by atoms with Crippen LogP contribution in [-0.4, -0.2) is 5.91 Å². The van der Waals surface area contributed by atoms with Crippen LogP contribution in [-0.2, 0) is 24.1 Å². The first kappa shape index (κ1) is 16.9. The Bertz CT molecular complexity index is 640. The van der Waals surface area contributed by atoms with E-state index in [1.807, 2.05) is 18.2 Å². The molecule has 0 aliphatic heterocycles. The van der Waals surface area contributed by atoms with Gasteiger partial charge in [-0.2, -0.15) is 0 Å². The number of rotatable bonds is 5. The second-order valence-electron chi connectivity index (χ2n) is 5.08. The number of hydrogen-bond acceptors (Lipinski definition) is 1. The molecule has 0 aliphatic carbocycles. The molecule has 2 aromatic rings. The second-order valence-corrected chi connectivity index (χ2v) is 5.90. The van der Waals surface area contributed by atoms with Gasteiger partial charge in [-0.1, -0.05) is 61.3 Å². The lowest BCUT2D eigenvalue weighted by Gasteiger charge is -2.15. The molecule has 0 aliphatic rings. The van der Waals surface area contributed by atoms with Gasteiger partial charge in [0.25, 0.3) is 0 Å². The first-order valence-corrected chi connectivity index (χ1v) is 8.15. The number of halogens is 2. The fraction of sp³-hybridized carbons (Fsp3) is 0.278. The predicted octanol–water partition coefficient (Wildman–Crippen LogP) is 5.30. The minimum absolute atomic E-state index is 0.106. The summed E-state index contributed by atoms with van der Waals surface area (Å²) in [7, 11) is 0. The number of carbonyl (C=O) groups excluding carboxylic acids is 1. The number of benzene rings is 2. The van der Waals surface area contributed by atoms with Crippen molar-refractivity contribution in [3.63, 3.8) is 0 Å². The van der Waals surface area contributed by atoms with Crippen LogP contribution in [0.25, 0.3) is 0 Å². The Morgan fingerprint density at radius 1 is 0.955 bits per heavy atom. The maximum absolute atomic E-state index is 12.4. The average molecular weight is 336 g/mol. The molecule has 116 valence electrons. The first-order chi connectivity index (χ1) is 10.6. The van der Waals surface area contributed by atoms with Crippen molar-refractivity contribution in [3.8, 4) is 0 Å². The highest BCUT2D eigenvalue weighted by atomic mass is 35.5. The zero-order valence-corrected chi connectivity index (χ0v) is 14.3. The molecule has 0 bridgehead atoms. The van der Waals surface area contributed by atoms with E-state index in [2.05, 4.69) is 19.2 Å². The number of anilines is 1. The van der Waals surface area contributed by atoms with Crippen LogP contribution in [0.2, 0.25) is 10.0 Å². The molecule has 22 heavy (non-hydrogen) atoms. The summed E-state index contributed by atoms with van der Waals surface area (Å²) in [5.41, 5.74) is 3.85. The SMILES string of the molecule is CCc1cccc(CC)c1NC(=O)Cc1c(Cl)cccc1Cl. The summed E-state index contributed by atoms with van der Waals surface area (Å²) in [4.78, 5) is 12.4. The Morgan fingerprint density at radius 3 is 1.95 bits per heavy atom. The molecule has 0 radical (unpaired) electrons. The summed E-state index contributed by atoms with van der Waals surface area (Å²) in [6.07, 6.45) is 1.91. The zero-order chi connectivity index (χ0) is 16.1. The third-order valence-corrected chi connectivity index (χ3v) is 4.37. The molecule has 1 amide bonds. The van der Waals surface area contributed by atoms with Crippen LogP contribution in [0.3, 0.4) is 0 Å². The van der Waals surface area contributed by atoms with Crippen LogP contribution in [0.15, 0.2) is 36.4 Å². The number of amides is 1. The Hall–Kier alpha value is -1.51. The normalized spacial score (nSPS) is 10.5. The van der Waals surface area contributed by atoms with E-state index in [0.717, 1.165) is 29.7 Å². The highest BCUT2D eigenvalue weighted by molar-refractivity contribution is 6.36. The average Bonchev–Trinajstić information content (AvgIpc) is 2.51. The molecule has 0 atom stereocenters. The van der Waals surface area contributed by atoms with Gasteiger partial charge in [-0.3, -0.25) is 4.79 Å². The van der Waals surface area contributed by atoms with Gasteiger partial charge in [0.2, 0.25) is 5.91 Å². The van der Waals surface area contributed by atoms with E-state index in [9.17, 15) is 4.79 Å². The van der Waals surface area contributed by atoms with Gasteiger partial charge in [-0.05, 0) is 41.7 Å². The van der Waals surface area contributed by atoms with E-state index in [0.29, 0.717) is 15.6 Å². The van der Waals surface area contributed by atoms with Crippen molar-refractivity contribution in [3.05, 3.63) is 63.1 Å². The molecule has 0 heterocycles. The highest BCUT2D eigenvalue weighted by Gasteiger charge is 2.14. The quantitative estimate of drug-likeness (QED) is 0.789. The van der Waals surface area contributed by atoms with E-state index in [1.54, 1.807) is 18.2 Å². The fourth-order valence-corrected chi connectivity index (χ4v) is 2.98. The van der Waals surface area contributed by atoms with Crippen molar-refractivity contribution >= 4 is 34.8 Å². The smallest absolute Gasteiger partial charge is 0.228 e. The van der Waals surface area contributed by atoms with Crippen LogP contribution in [0.5, 0.6) is 0 Å². The minimum Gasteiger partial charge on any atom is -0.325 e. The molecule has 4 heteroatoms. The molecular weight excluding hydrogens is 317 g/mol. The Balaban J connectivity index is 2.23. The van der Waals surface area contributed by atoms with E-state index < -0.39 is 0 Å². The molecule has 0 fully saturated rings. The lowest BCUT2D eigenvalue weighted by molar-refractivity contribution is -0.115. The summed E-state index contributed by atoms with van der Waals surface area (Å²) in [6.45, 7) is 4.16. The first-order valence-electron chi connectivity index (χ1n) is 7.40. The minimum atomic E-state index is -0.106. The second kappa shape index (κ2) is 7.66. The zero-order valence-electron chi connectivity index (χ0n) is 12.7. The summed E-state index contributed by atoms with van der Waals surface area (Å²) in [5, 5.41) is 4.06. The van der Waals surface area contributed by atoms with E-state index in [1.165, 1.54) is 0 Å². The van der Waals surface area contributed by atoms with Gasteiger partial charge in [-0.25, -0.2) is 0 Å². The molecule has 2 rings (SSSR count). The summed E-state index contributed by atoms with van der Waals surface area (Å²) in [6, 6.07) is 11.4. The van der Waals surface area contributed by atoms with Crippen LogP contribution >= 0.6 is 23.2 Å². The van der Waals surface area contributed by atoms with Crippen molar-refractivity contribution in [1.29, 1.82) is 0 Å². The van der Waals surface area contributed by atoms with E-state index in [-0.39, 0.29) is 12.3 Å². The lowest BCUT2D eigenvalue weighted by Crippen LogP contribution is -2.17. The fourth-order valence-electron chi connectivity index (χ4n) is 2.45. The molecule has 0 saturated carbocycles. The number of carbonyl (C=O) groups is 1. The predicted molar refractivity (Wildman–Crippen MR) is 94.0 cm³/mol. The Morgan fingerprint density at radius 2 is 1.45 bits per heavy atom. The number of hydrogen-bond donors (Lipinski definition) is 1. The van der Waals surface area contributed by atoms with Crippen LogP contribution in [0, 0.1) is 0 Å². The third kappa shape index (κ3) is 3.82. The van der Waals surface area contributed by atoms with Crippen molar-refractivity contribution in [2.75, 3.05) is 5.32 Å². The maximum Gasteiger partial charge on any atom is 0.228 e. The molecular formula is C18H19Cl2NO. The standard InChI is InChI=1S/C18H19Cl2NO/c1-3-12-7-5-8-13(4-2)18(12)21-17(22)11-14-15(19)9-6-10-16(14)20/h5-10H,3-4,11H2,1-2H3,(H,21,22). The van der Waals surface area contributed by atoms with Crippen molar-refractivity contribution in [2.45, 2.75) is 33.1 Å². The highest BCUT2D eigenvalue weighted by Crippen LogP contribution is 2.26. The van der Waals surface area contributed by atoms with E-state index in [4.69, 9.17) is 23.2 Å². The molecule has 0 spiro atoms. The number of para-hydroxylation sites is 1. The van der Waals surface area contributed by atoms with E-state index >= 15 is 0 Å². The van der Waals surface area contributed by atoms with Crippen LogP contribution in [0.1, 0.15) is 30.5 Å². The largest absolute Gasteiger partial charge is 0.325 e. The Kier molecular flexibility index (Phi) is 5.87. The summed E-state index contributed by atoms with van der Waals surface area (Å²) < 4.78 is 0. The van der Waals surface area contributed by atoms with Gasteiger partial charge < -0.3 is 5.32 Å². The Labute approximate surface area is 141 Å². The topological polar surface area (TPSA) is 29.1 Å². The molecule has 0 saturated heterocycles. The third-order valence-electron chi connectivity index (χ3n) is 3.66. The number of nitrogens with one attached hydrogen (secondary N) is 1. The summed E-state index contributed by atoms with van der Waals surface area (Å²) in [5.74, 6) is -0.106. The van der Waals surface area contributed by atoms with Crippen LogP contribution in [0.4, 0.5) is 5.69 Å². The van der Waals surface area contributed by atoms with Gasteiger partial charge in [0, 0.05) is 15.7 Å². The molecule has 2 aromatic carbocycles. The maximum atomic E-state index is 12.4. The molecule has 1 N–H and O–H groups in total. The monoisotopic (exact) mass is 335 g/mol. The molecule has 0 unspecified atom stereocenters. The van der Waals surface area contributed by atoms with Crippen molar-refractivity contribution < 1.29 is 4.79 Å². The van der Waals surface area contributed by atoms with Gasteiger partial charge in [0.05, 0.1) is 6.42 Å². The summed E-state index contributed by atoms with van der Waals surface area (Å²) >= 11 is 12.3. The van der Waals surface area contributed by atoms with Gasteiger partial charge in [0.1, 0.15) is 0 Å². The molecule has 0 aromatic heterocycles. The van der Waals surface area contributed by atoms with Gasteiger partial charge in [0.15, 0.2) is 0 Å².